The van der Waals surface area contributed by atoms with Crippen molar-refractivity contribution < 1.29 is 4.74 Å². The number of ether oxygens (including phenoxy) is 1. The monoisotopic (exact) mass is 441 g/mol. The molecule has 0 saturated carbocycles. The minimum absolute atomic E-state index is 0.787. The van der Waals surface area contributed by atoms with Gasteiger partial charge in [-0.3, -0.25) is 19.5 Å². The van der Waals surface area contributed by atoms with Gasteiger partial charge in [0, 0.05) is 68.2 Å². The molecule has 168 valence electrons. The highest BCUT2D eigenvalue weighted by Crippen LogP contribution is 2.29. The summed E-state index contributed by atoms with van der Waals surface area (Å²) in [6.45, 7) is 5.44. The molecule has 0 unspecified atom stereocenters. The van der Waals surface area contributed by atoms with Crippen molar-refractivity contribution in [2.45, 2.75) is 6.54 Å². The Labute approximate surface area is 193 Å². The van der Waals surface area contributed by atoms with Crippen LogP contribution in [0.1, 0.15) is 0 Å². The van der Waals surface area contributed by atoms with E-state index in [2.05, 4.69) is 48.6 Å². The highest BCUT2D eigenvalue weighted by molar-refractivity contribution is 5.75. The molecule has 1 N–H and O–H groups in total. The topological polar surface area (TPSA) is 81.0 Å². The predicted octanol–water partition coefficient (Wildman–Crippen LogP) is 3.44. The average molecular weight is 442 g/mol. The van der Waals surface area contributed by atoms with Gasteiger partial charge in [-0.1, -0.05) is 6.07 Å². The number of hydrogen-bond acceptors (Lipinski definition) is 7. The van der Waals surface area contributed by atoms with Gasteiger partial charge >= 0.3 is 0 Å². The largest absolute Gasteiger partial charge is 0.379 e. The first-order valence-corrected chi connectivity index (χ1v) is 11.2. The summed E-state index contributed by atoms with van der Waals surface area (Å²) in [5.74, 6) is 0.787. The Balaban J connectivity index is 1.38. The van der Waals surface area contributed by atoms with Gasteiger partial charge in [-0.25, -0.2) is 4.98 Å². The summed E-state index contributed by atoms with van der Waals surface area (Å²) in [7, 11) is 1.87. The van der Waals surface area contributed by atoms with E-state index in [1.165, 1.54) is 0 Å². The van der Waals surface area contributed by atoms with Crippen molar-refractivity contribution >= 4 is 5.82 Å². The third-order valence-corrected chi connectivity index (χ3v) is 5.80. The quantitative estimate of drug-likeness (QED) is 0.470. The van der Waals surface area contributed by atoms with Crippen molar-refractivity contribution in [3.8, 4) is 33.6 Å². The van der Waals surface area contributed by atoms with Crippen molar-refractivity contribution in [1.82, 2.24) is 29.6 Å². The van der Waals surface area contributed by atoms with Crippen LogP contribution in [0, 0.1) is 0 Å². The molecule has 0 radical (unpaired) electrons. The highest BCUT2D eigenvalue weighted by Gasteiger charge is 2.12. The smallest absolute Gasteiger partial charge is 0.127 e. The Bertz CT molecular complexity index is 1200. The maximum atomic E-state index is 5.43. The Morgan fingerprint density at radius 1 is 0.909 bits per heavy atom. The normalized spacial score (nSPS) is 14.3. The van der Waals surface area contributed by atoms with E-state index < -0.39 is 0 Å². The lowest BCUT2D eigenvalue weighted by Crippen LogP contribution is -2.38. The van der Waals surface area contributed by atoms with Crippen LogP contribution in [0.25, 0.3) is 33.6 Å². The van der Waals surface area contributed by atoms with Crippen LogP contribution >= 0.6 is 0 Å². The van der Waals surface area contributed by atoms with E-state index in [1.807, 2.05) is 54.6 Å². The van der Waals surface area contributed by atoms with Crippen LogP contribution in [0.3, 0.4) is 0 Å². The van der Waals surface area contributed by atoms with Crippen molar-refractivity contribution in [2.75, 3.05) is 45.2 Å². The zero-order valence-electron chi connectivity index (χ0n) is 18.7. The SMILES string of the molecule is CNc1cc(-c2cncc(-c3cnn(CCN4CCOCC4)c3)c2)cc(-c2ccccn2)n1. The number of pyridine rings is 3. The van der Waals surface area contributed by atoms with Gasteiger partial charge < -0.3 is 10.1 Å². The van der Waals surface area contributed by atoms with Gasteiger partial charge in [0.25, 0.3) is 0 Å². The molecule has 33 heavy (non-hydrogen) atoms. The zero-order chi connectivity index (χ0) is 22.5. The van der Waals surface area contributed by atoms with Gasteiger partial charge in [-0.2, -0.15) is 5.10 Å². The van der Waals surface area contributed by atoms with E-state index in [1.54, 1.807) is 6.20 Å². The Morgan fingerprint density at radius 3 is 2.55 bits per heavy atom. The van der Waals surface area contributed by atoms with Crippen molar-refractivity contribution in [3.05, 3.63) is 67.4 Å². The molecule has 0 atom stereocenters. The fourth-order valence-corrected chi connectivity index (χ4v) is 3.93. The summed E-state index contributed by atoms with van der Waals surface area (Å²) in [6, 6.07) is 12.1. The van der Waals surface area contributed by atoms with E-state index in [0.29, 0.717) is 0 Å². The fraction of sp³-hybridized carbons (Fsp3) is 0.280. The second-order valence-corrected chi connectivity index (χ2v) is 8.00. The van der Waals surface area contributed by atoms with E-state index in [0.717, 1.165) is 78.9 Å². The molecule has 4 aromatic rings. The third kappa shape index (κ3) is 5.08. The Kier molecular flexibility index (Phi) is 6.37. The third-order valence-electron chi connectivity index (χ3n) is 5.80. The minimum atomic E-state index is 0.787. The van der Waals surface area contributed by atoms with E-state index in [4.69, 9.17) is 4.74 Å². The highest BCUT2D eigenvalue weighted by atomic mass is 16.5. The first-order valence-electron chi connectivity index (χ1n) is 11.2. The number of nitrogens with one attached hydrogen (secondary N) is 1. The van der Waals surface area contributed by atoms with Crippen molar-refractivity contribution in [1.29, 1.82) is 0 Å². The Morgan fingerprint density at radius 2 is 1.76 bits per heavy atom. The standard InChI is InChI=1S/C25H27N7O/c1-26-25-14-19(13-24(30-25)23-4-2-3-5-28-23)20-12-21(16-27-15-20)22-17-29-32(18-22)7-6-31-8-10-33-11-9-31/h2-5,12-18H,6-11H2,1H3,(H,26,30). The van der Waals surface area contributed by atoms with Crippen LogP contribution in [-0.4, -0.2) is 69.5 Å². The summed E-state index contributed by atoms with van der Waals surface area (Å²) >= 11 is 0. The molecular formula is C25H27N7O. The van der Waals surface area contributed by atoms with Gasteiger partial charge in [0.15, 0.2) is 0 Å². The lowest BCUT2D eigenvalue weighted by Gasteiger charge is -2.26. The first kappa shape index (κ1) is 21.2. The predicted molar refractivity (Wildman–Crippen MR) is 129 cm³/mol. The van der Waals surface area contributed by atoms with Gasteiger partial charge in [-0.05, 0) is 35.9 Å². The Hall–Kier alpha value is -3.62. The number of morpholine rings is 1. The molecule has 1 saturated heterocycles. The molecule has 5 rings (SSSR count). The molecule has 8 nitrogen and oxygen atoms in total. The van der Waals surface area contributed by atoms with Crippen LogP contribution < -0.4 is 5.32 Å². The first-order chi connectivity index (χ1) is 16.3. The number of nitrogens with zero attached hydrogens (tertiary/aromatic N) is 6. The van der Waals surface area contributed by atoms with Crippen molar-refractivity contribution in [3.63, 3.8) is 0 Å². The van der Waals surface area contributed by atoms with Crippen LogP contribution in [0.5, 0.6) is 0 Å². The summed E-state index contributed by atoms with van der Waals surface area (Å²) < 4.78 is 7.43. The van der Waals surface area contributed by atoms with Crippen LogP contribution in [0.4, 0.5) is 5.82 Å². The maximum Gasteiger partial charge on any atom is 0.127 e. The molecule has 4 aromatic heterocycles. The molecule has 0 spiro atoms. The second-order valence-electron chi connectivity index (χ2n) is 8.00. The molecule has 8 heteroatoms. The summed E-state index contributed by atoms with van der Waals surface area (Å²) in [5.41, 5.74) is 5.79. The minimum Gasteiger partial charge on any atom is -0.379 e. The molecule has 1 aliphatic heterocycles. The fourth-order valence-electron chi connectivity index (χ4n) is 3.93. The van der Waals surface area contributed by atoms with Crippen LogP contribution in [0.2, 0.25) is 0 Å². The van der Waals surface area contributed by atoms with E-state index >= 15 is 0 Å². The maximum absolute atomic E-state index is 5.43. The molecule has 0 amide bonds. The lowest BCUT2D eigenvalue weighted by molar-refractivity contribution is 0.0360. The lowest BCUT2D eigenvalue weighted by atomic mass is 10.0. The van der Waals surface area contributed by atoms with Gasteiger partial charge in [0.05, 0.1) is 37.3 Å². The summed E-state index contributed by atoms with van der Waals surface area (Å²) in [4.78, 5) is 16.0. The van der Waals surface area contributed by atoms with Crippen molar-refractivity contribution in [2.24, 2.45) is 0 Å². The molecular weight excluding hydrogens is 414 g/mol. The second kappa shape index (κ2) is 9.89. The van der Waals surface area contributed by atoms with Crippen LogP contribution in [-0.2, 0) is 11.3 Å². The van der Waals surface area contributed by atoms with Gasteiger partial charge in [0.1, 0.15) is 5.82 Å². The van der Waals surface area contributed by atoms with E-state index in [9.17, 15) is 0 Å². The average Bonchev–Trinajstić information content (AvgIpc) is 3.38. The number of hydrogen-bond donors (Lipinski definition) is 1. The molecule has 0 aromatic carbocycles. The molecule has 0 aliphatic carbocycles. The number of aromatic nitrogens is 5. The molecule has 1 fully saturated rings. The number of anilines is 1. The van der Waals surface area contributed by atoms with E-state index in [-0.39, 0.29) is 0 Å². The number of rotatable bonds is 7. The molecule has 5 heterocycles. The zero-order valence-corrected chi connectivity index (χ0v) is 18.7. The van der Waals surface area contributed by atoms with Crippen LogP contribution in [0.15, 0.2) is 67.4 Å². The van der Waals surface area contributed by atoms with Gasteiger partial charge in [-0.15, -0.1) is 0 Å². The van der Waals surface area contributed by atoms with Gasteiger partial charge in [0.2, 0.25) is 0 Å². The molecule has 1 aliphatic rings. The molecule has 0 bridgehead atoms. The summed E-state index contributed by atoms with van der Waals surface area (Å²) in [6.07, 6.45) is 9.54. The summed E-state index contributed by atoms with van der Waals surface area (Å²) in [5, 5.41) is 7.72.